The molecule has 0 amide bonds. The van der Waals surface area contributed by atoms with Crippen molar-refractivity contribution in [1.82, 2.24) is 9.97 Å². The van der Waals surface area contributed by atoms with Crippen molar-refractivity contribution >= 4 is 0 Å². The van der Waals surface area contributed by atoms with Gasteiger partial charge in [0.2, 0.25) is 0 Å². The van der Waals surface area contributed by atoms with E-state index in [0.717, 1.165) is 41.4 Å². The summed E-state index contributed by atoms with van der Waals surface area (Å²) in [6, 6.07) is 7.86. The molecule has 0 saturated heterocycles. The molecule has 19 heavy (non-hydrogen) atoms. The molecule has 1 fully saturated rings. The Morgan fingerprint density at radius 2 is 2.11 bits per heavy atom. The fourth-order valence-corrected chi connectivity index (χ4v) is 2.43. The summed E-state index contributed by atoms with van der Waals surface area (Å²) < 4.78 is 5.39. The number of H-pyrrole nitrogens is 1. The molecular weight excluding hydrogens is 240 g/mol. The number of ether oxygens (including phenoxy) is 1. The molecule has 0 radical (unpaired) electrons. The number of aromatic nitrogens is 2. The Morgan fingerprint density at radius 1 is 1.37 bits per heavy atom. The van der Waals surface area contributed by atoms with Gasteiger partial charge in [0.25, 0.3) is 0 Å². The van der Waals surface area contributed by atoms with Gasteiger partial charge in [-0.25, -0.2) is 4.98 Å². The maximum absolute atomic E-state index is 9.50. The van der Waals surface area contributed by atoms with E-state index in [0.29, 0.717) is 0 Å². The molecule has 1 saturated carbocycles. The molecule has 1 aromatic carbocycles. The van der Waals surface area contributed by atoms with Gasteiger partial charge in [0.05, 0.1) is 24.8 Å². The summed E-state index contributed by atoms with van der Waals surface area (Å²) in [6.07, 6.45) is 2.00. The van der Waals surface area contributed by atoms with E-state index in [9.17, 15) is 5.11 Å². The van der Waals surface area contributed by atoms with Gasteiger partial charge in [-0.3, -0.25) is 0 Å². The van der Waals surface area contributed by atoms with E-state index >= 15 is 0 Å². The van der Waals surface area contributed by atoms with Crippen molar-refractivity contribution in [2.45, 2.75) is 25.2 Å². The van der Waals surface area contributed by atoms with Crippen LogP contribution in [0.5, 0.6) is 5.75 Å². The molecule has 0 unspecified atom stereocenters. The lowest BCUT2D eigenvalue weighted by Gasteiger charge is -2.07. The van der Waals surface area contributed by atoms with Crippen LogP contribution >= 0.6 is 0 Å². The Balaban J connectivity index is 2.06. The molecule has 4 heteroatoms. The van der Waals surface area contributed by atoms with Crippen molar-refractivity contribution in [1.29, 1.82) is 0 Å². The molecule has 100 valence electrons. The van der Waals surface area contributed by atoms with Crippen molar-refractivity contribution in [3.05, 3.63) is 35.8 Å². The normalized spacial score (nSPS) is 16.4. The molecule has 0 spiro atoms. The maximum Gasteiger partial charge on any atom is 0.128 e. The van der Waals surface area contributed by atoms with Crippen LogP contribution in [0.2, 0.25) is 0 Å². The zero-order valence-corrected chi connectivity index (χ0v) is 11.2. The third-order valence-corrected chi connectivity index (χ3v) is 3.91. The molecule has 1 aromatic heterocycles. The van der Waals surface area contributed by atoms with Gasteiger partial charge in [0, 0.05) is 11.3 Å². The van der Waals surface area contributed by atoms with Crippen molar-refractivity contribution in [3.63, 3.8) is 0 Å². The molecule has 0 atom stereocenters. The minimum Gasteiger partial charge on any atom is -0.496 e. The molecule has 1 heterocycles. The second kappa shape index (κ2) is 4.38. The highest BCUT2D eigenvalue weighted by atomic mass is 16.5. The number of benzene rings is 1. The quantitative estimate of drug-likeness (QED) is 0.885. The highest BCUT2D eigenvalue weighted by Gasteiger charge is 2.46. The highest BCUT2D eigenvalue weighted by Crippen LogP contribution is 2.47. The van der Waals surface area contributed by atoms with Crippen LogP contribution < -0.4 is 4.74 Å². The van der Waals surface area contributed by atoms with Crippen LogP contribution in [0, 0.1) is 6.92 Å². The summed E-state index contributed by atoms with van der Waals surface area (Å²) in [5, 5.41) is 9.50. The summed E-state index contributed by atoms with van der Waals surface area (Å²) >= 11 is 0. The monoisotopic (exact) mass is 258 g/mol. The topological polar surface area (TPSA) is 58.1 Å². The number of methoxy groups -OCH3 is 1. The Labute approximate surface area is 112 Å². The third kappa shape index (κ3) is 1.92. The van der Waals surface area contributed by atoms with Crippen molar-refractivity contribution in [2.75, 3.05) is 13.7 Å². The molecule has 1 aliphatic rings. The van der Waals surface area contributed by atoms with Gasteiger partial charge in [-0.05, 0) is 31.9 Å². The first-order valence-electron chi connectivity index (χ1n) is 6.51. The molecule has 1 aliphatic carbocycles. The van der Waals surface area contributed by atoms with Gasteiger partial charge in [0.1, 0.15) is 11.6 Å². The van der Waals surface area contributed by atoms with Crippen LogP contribution in [0.4, 0.5) is 0 Å². The van der Waals surface area contributed by atoms with E-state index in [4.69, 9.17) is 9.72 Å². The van der Waals surface area contributed by atoms with Gasteiger partial charge in [-0.1, -0.05) is 12.1 Å². The van der Waals surface area contributed by atoms with Crippen LogP contribution in [0.1, 0.15) is 24.4 Å². The van der Waals surface area contributed by atoms with E-state index in [2.05, 4.69) is 4.98 Å². The predicted octanol–water partition coefficient (Wildman–Crippen LogP) is 2.42. The number of aliphatic hydroxyl groups excluding tert-OH is 1. The van der Waals surface area contributed by atoms with E-state index in [-0.39, 0.29) is 12.0 Å². The molecule has 0 aliphatic heterocycles. The number of aromatic amines is 1. The van der Waals surface area contributed by atoms with Crippen molar-refractivity contribution in [2.24, 2.45) is 0 Å². The minimum atomic E-state index is -0.134. The summed E-state index contributed by atoms with van der Waals surface area (Å²) in [7, 11) is 1.66. The van der Waals surface area contributed by atoms with Gasteiger partial charge in [0.15, 0.2) is 0 Å². The molecular formula is C15H18N2O2. The average molecular weight is 258 g/mol. The predicted molar refractivity (Wildman–Crippen MR) is 73.3 cm³/mol. The minimum absolute atomic E-state index is 0.134. The second-order valence-corrected chi connectivity index (χ2v) is 5.20. The summed E-state index contributed by atoms with van der Waals surface area (Å²) in [6.45, 7) is 2.16. The van der Waals surface area contributed by atoms with Gasteiger partial charge < -0.3 is 14.8 Å². The Hall–Kier alpha value is -1.81. The number of aliphatic hydroxyl groups is 1. The van der Waals surface area contributed by atoms with Crippen LogP contribution in [-0.2, 0) is 5.41 Å². The third-order valence-electron chi connectivity index (χ3n) is 3.91. The van der Waals surface area contributed by atoms with Crippen LogP contribution in [-0.4, -0.2) is 28.8 Å². The fraction of sp³-hybridized carbons (Fsp3) is 0.400. The van der Waals surface area contributed by atoms with Crippen molar-refractivity contribution in [3.8, 4) is 17.0 Å². The highest BCUT2D eigenvalue weighted by molar-refractivity contribution is 5.69. The van der Waals surface area contributed by atoms with Gasteiger partial charge >= 0.3 is 0 Å². The Morgan fingerprint density at radius 3 is 2.74 bits per heavy atom. The Bertz CT molecular complexity index is 600. The number of hydrogen-bond acceptors (Lipinski definition) is 3. The van der Waals surface area contributed by atoms with E-state index in [1.165, 1.54) is 0 Å². The zero-order valence-electron chi connectivity index (χ0n) is 11.2. The number of para-hydroxylation sites is 1. The van der Waals surface area contributed by atoms with Gasteiger partial charge in [-0.15, -0.1) is 0 Å². The lowest BCUT2D eigenvalue weighted by Crippen LogP contribution is -2.13. The van der Waals surface area contributed by atoms with E-state index in [1.54, 1.807) is 7.11 Å². The molecule has 4 nitrogen and oxygen atoms in total. The number of rotatable bonds is 4. The first-order chi connectivity index (χ1) is 9.20. The number of nitrogens with zero attached hydrogens (tertiary/aromatic N) is 1. The standard InChI is InChI=1S/C15H18N2O2/c1-10-13(11-5-3-4-6-12(11)19-2)17-14(16-10)15(9-18)7-8-15/h3-6,18H,7-9H2,1-2H3,(H,16,17). The zero-order chi connectivity index (χ0) is 13.5. The summed E-state index contributed by atoms with van der Waals surface area (Å²) in [5.41, 5.74) is 2.77. The lowest BCUT2D eigenvalue weighted by molar-refractivity contribution is 0.250. The lowest BCUT2D eigenvalue weighted by atomic mass is 10.1. The van der Waals surface area contributed by atoms with Crippen LogP contribution in [0.25, 0.3) is 11.3 Å². The first-order valence-corrected chi connectivity index (χ1v) is 6.51. The molecule has 2 N–H and O–H groups in total. The smallest absolute Gasteiger partial charge is 0.128 e. The number of hydrogen-bond donors (Lipinski definition) is 2. The second-order valence-electron chi connectivity index (χ2n) is 5.20. The number of aryl methyl sites for hydroxylation is 1. The summed E-state index contributed by atoms with van der Waals surface area (Å²) in [5.74, 6) is 1.71. The maximum atomic E-state index is 9.50. The molecule has 0 bridgehead atoms. The molecule has 3 rings (SSSR count). The number of nitrogens with one attached hydrogen (secondary N) is 1. The average Bonchev–Trinajstić information content (AvgIpc) is 3.16. The van der Waals surface area contributed by atoms with E-state index < -0.39 is 0 Å². The van der Waals surface area contributed by atoms with E-state index in [1.807, 2.05) is 31.2 Å². The van der Waals surface area contributed by atoms with Crippen LogP contribution in [0.15, 0.2) is 24.3 Å². The first kappa shape index (κ1) is 12.2. The van der Waals surface area contributed by atoms with Crippen LogP contribution in [0.3, 0.4) is 0 Å². The largest absolute Gasteiger partial charge is 0.496 e. The number of imidazole rings is 1. The SMILES string of the molecule is COc1ccccc1-c1nc(C2(CO)CC2)[nH]c1C. The summed E-state index contributed by atoms with van der Waals surface area (Å²) in [4.78, 5) is 8.02. The van der Waals surface area contributed by atoms with Crippen molar-refractivity contribution < 1.29 is 9.84 Å². The van der Waals surface area contributed by atoms with Gasteiger partial charge in [-0.2, -0.15) is 0 Å². The molecule has 2 aromatic rings. The fourth-order valence-electron chi connectivity index (χ4n) is 2.43. The Kier molecular flexibility index (Phi) is 2.82.